The van der Waals surface area contributed by atoms with Gasteiger partial charge in [-0.2, -0.15) is 0 Å². The van der Waals surface area contributed by atoms with Crippen LogP contribution in [0.25, 0.3) is 31.9 Å². The zero-order valence-corrected chi connectivity index (χ0v) is 19.5. The zero-order chi connectivity index (χ0) is 22.9. The van der Waals surface area contributed by atoms with Crippen LogP contribution >= 0.6 is 11.3 Å². The first-order valence-corrected chi connectivity index (χ1v) is 12.5. The molecule has 0 spiro atoms. The lowest BCUT2D eigenvalue weighted by Gasteiger charge is -2.12. The van der Waals surface area contributed by atoms with E-state index in [1.165, 1.54) is 6.92 Å². The second-order valence-electron chi connectivity index (χ2n) is 7.22. The van der Waals surface area contributed by atoms with Gasteiger partial charge in [0.25, 0.3) is 0 Å². The number of fused-ring (bicyclic) bond motifs is 1. The third-order valence-electron chi connectivity index (χ3n) is 5.08. The van der Waals surface area contributed by atoms with E-state index in [-0.39, 0.29) is 16.6 Å². The van der Waals surface area contributed by atoms with Crippen molar-refractivity contribution in [3.8, 4) is 27.4 Å². The van der Waals surface area contributed by atoms with Gasteiger partial charge in [0, 0.05) is 23.7 Å². The number of hydrogen-bond acceptors (Lipinski definition) is 6. The highest BCUT2D eigenvalue weighted by Gasteiger charge is 2.15. The average molecular weight is 467 g/mol. The van der Waals surface area contributed by atoms with E-state index in [1.54, 1.807) is 49.6 Å². The number of benzene rings is 3. The molecule has 32 heavy (non-hydrogen) atoms. The highest BCUT2D eigenvalue weighted by Crippen LogP contribution is 2.37. The van der Waals surface area contributed by atoms with Crippen LogP contribution in [0.15, 0.2) is 65.6 Å². The Kier molecular flexibility index (Phi) is 5.99. The van der Waals surface area contributed by atoms with Gasteiger partial charge in [-0.1, -0.05) is 19.1 Å². The summed E-state index contributed by atoms with van der Waals surface area (Å²) < 4.78 is 30.6. The Morgan fingerprint density at radius 3 is 2.41 bits per heavy atom. The largest absolute Gasteiger partial charge is 0.497 e. The summed E-state index contributed by atoms with van der Waals surface area (Å²) in [4.78, 5) is 16.8. The van der Waals surface area contributed by atoms with Gasteiger partial charge in [-0.15, -0.1) is 11.3 Å². The zero-order valence-electron chi connectivity index (χ0n) is 17.9. The monoisotopic (exact) mass is 466 g/mol. The van der Waals surface area contributed by atoms with Crippen molar-refractivity contribution in [2.75, 3.05) is 18.2 Å². The number of amides is 1. The van der Waals surface area contributed by atoms with E-state index < -0.39 is 9.84 Å². The number of sulfone groups is 1. The Morgan fingerprint density at radius 1 is 1.03 bits per heavy atom. The van der Waals surface area contributed by atoms with Crippen LogP contribution in [0, 0.1) is 0 Å². The summed E-state index contributed by atoms with van der Waals surface area (Å²) in [6.07, 6.45) is 0. The van der Waals surface area contributed by atoms with E-state index in [4.69, 9.17) is 9.72 Å². The number of carbonyl (C=O) groups excluding carboxylic acids is 1. The maximum atomic E-state index is 12.2. The highest BCUT2D eigenvalue weighted by molar-refractivity contribution is 7.91. The van der Waals surface area contributed by atoms with Crippen LogP contribution in [-0.2, 0) is 14.6 Å². The first kappa shape index (κ1) is 22.0. The quantitative estimate of drug-likeness (QED) is 0.412. The van der Waals surface area contributed by atoms with Crippen molar-refractivity contribution in [2.45, 2.75) is 18.7 Å². The molecule has 1 heterocycles. The molecular weight excluding hydrogens is 444 g/mol. The highest BCUT2D eigenvalue weighted by atomic mass is 32.2. The summed E-state index contributed by atoms with van der Waals surface area (Å²) in [6.45, 7) is 3.07. The Morgan fingerprint density at radius 2 is 1.75 bits per heavy atom. The van der Waals surface area contributed by atoms with Gasteiger partial charge in [0.15, 0.2) is 9.84 Å². The van der Waals surface area contributed by atoms with Crippen molar-refractivity contribution in [1.29, 1.82) is 0 Å². The molecule has 0 aliphatic rings. The van der Waals surface area contributed by atoms with Gasteiger partial charge in [-0.05, 0) is 54.1 Å². The number of nitrogens with zero attached hydrogens (tertiary/aromatic N) is 1. The number of hydrogen-bond donors (Lipinski definition) is 1. The lowest BCUT2D eigenvalue weighted by molar-refractivity contribution is -0.114. The minimum Gasteiger partial charge on any atom is -0.497 e. The number of ether oxygens (including phenoxy) is 1. The average Bonchev–Trinajstić information content (AvgIpc) is 3.22. The molecule has 1 N–H and O–H groups in total. The summed E-state index contributed by atoms with van der Waals surface area (Å²) in [5.74, 6) is 0.634. The molecule has 0 unspecified atom stereocenters. The van der Waals surface area contributed by atoms with Crippen LogP contribution in [-0.4, -0.2) is 32.2 Å². The minimum atomic E-state index is -3.29. The number of rotatable bonds is 6. The molecule has 8 heteroatoms. The summed E-state index contributed by atoms with van der Waals surface area (Å²) in [6, 6.07) is 18.2. The van der Waals surface area contributed by atoms with Crippen molar-refractivity contribution in [2.24, 2.45) is 0 Å². The van der Waals surface area contributed by atoms with Crippen LogP contribution in [0.1, 0.15) is 13.8 Å². The summed E-state index contributed by atoms with van der Waals surface area (Å²) >= 11 is 1.55. The molecule has 0 saturated heterocycles. The number of nitrogens with one attached hydrogen (secondary N) is 1. The molecule has 164 valence electrons. The maximum Gasteiger partial charge on any atom is 0.221 e. The molecule has 4 aromatic rings. The molecule has 6 nitrogen and oxygen atoms in total. The van der Waals surface area contributed by atoms with Crippen molar-refractivity contribution in [3.05, 3.63) is 60.7 Å². The Balaban J connectivity index is 1.80. The molecule has 4 rings (SSSR count). The smallest absolute Gasteiger partial charge is 0.221 e. The van der Waals surface area contributed by atoms with Gasteiger partial charge in [0.2, 0.25) is 5.91 Å². The summed E-state index contributed by atoms with van der Waals surface area (Å²) in [5, 5.41) is 3.70. The van der Waals surface area contributed by atoms with E-state index >= 15 is 0 Å². The first-order valence-electron chi connectivity index (χ1n) is 10.0. The molecule has 0 fully saturated rings. The van der Waals surface area contributed by atoms with Gasteiger partial charge >= 0.3 is 0 Å². The number of thiazole rings is 1. The molecular formula is C24H22N2O4S2. The van der Waals surface area contributed by atoms with Crippen LogP contribution in [0.2, 0.25) is 0 Å². The molecule has 1 aromatic heterocycles. The summed E-state index contributed by atoms with van der Waals surface area (Å²) in [7, 11) is -1.65. The standard InChI is InChI=1S/C24H22N2O4S2/c1-4-32(28,29)19-9-5-16(6-10-19)20-13-17(7-11-21(20)25-15(2)27)24-26-22-12-8-18(30-3)14-23(22)31-24/h5-14H,4H2,1-3H3,(H,25,27). The Hall–Kier alpha value is -3.23. The molecule has 0 saturated carbocycles. The lowest BCUT2D eigenvalue weighted by atomic mass is 10.0. The van der Waals surface area contributed by atoms with Crippen molar-refractivity contribution < 1.29 is 17.9 Å². The molecule has 0 bridgehead atoms. The van der Waals surface area contributed by atoms with Crippen molar-refractivity contribution in [3.63, 3.8) is 0 Å². The normalized spacial score (nSPS) is 11.5. The fraction of sp³-hybridized carbons (Fsp3) is 0.167. The van der Waals surface area contributed by atoms with Gasteiger partial charge < -0.3 is 10.1 Å². The number of anilines is 1. The van der Waals surface area contributed by atoms with E-state index in [0.29, 0.717) is 5.69 Å². The maximum absolute atomic E-state index is 12.2. The number of methoxy groups -OCH3 is 1. The minimum absolute atomic E-state index is 0.0430. The predicted molar refractivity (Wildman–Crippen MR) is 129 cm³/mol. The van der Waals surface area contributed by atoms with Crippen LogP contribution in [0.5, 0.6) is 5.75 Å². The summed E-state index contributed by atoms with van der Waals surface area (Å²) in [5.41, 5.74) is 4.02. The molecule has 0 aliphatic carbocycles. The van der Waals surface area contributed by atoms with E-state index in [9.17, 15) is 13.2 Å². The van der Waals surface area contributed by atoms with Gasteiger partial charge in [-0.3, -0.25) is 4.79 Å². The fourth-order valence-corrected chi connectivity index (χ4v) is 5.25. The van der Waals surface area contributed by atoms with E-state index in [2.05, 4.69) is 5.32 Å². The van der Waals surface area contributed by atoms with Gasteiger partial charge in [-0.25, -0.2) is 13.4 Å². The molecule has 0 atom stereocenters. The Labute approximate surface area is 190 Å². The van der Waals surface area contributed by atoms with Crippen LogP contribution < -0.4 is 10.1 Å². The van der Waals surface area contributed by atoms with Crippen molar-refractivity contribution >= 4 is 43.0 Å². The second-order valence-corrected chi connectivity index (χ2v) is 10.5. The van der Waals surface area contributed by atoms with Gasteiger partial charge in [0.1, 0.15) is 10.8 Å². The topological polar surface area (TPSA) is 85.4 Å². The third kappa shape index (κ3) is 4.37. The number of carbonyl (C=O) groups is 1. The molecule has 0 aliphatic heterocycles. The van der Waals surface area contributed by atoms with Crippen molar-refractivity contribution in [1.82, 2.24) is 4.98 Å². The fourth-order valence-electron chi connectivity index (χ4n) is 3.38. The van der Waals surface area contributed by atoms with Gasteiger partial charge in [0.05, 0.1) is 28.0 Å². The molecule has 0 radical (unpaired) electrons. The second kappa shape index (κ2) is 8.72. The first-order chi connectivity index (χ1) is 15.3. The SMILES string of the molecule is CCS(=O)(=O)c1ccc(-c2cc(-c3nc4ccc(OC)cc4s3)ccc2NC(C)=O)cc1. The molecule has 1 amide bonds. The third-order valence-corrected chi connectivity index (χ3v) is 7.90. The number of aromatic nitrogens is 1. The lowest BCUT2D eigenvalue weighted by Crippen LogP contribution is -2.07. The van der Waals surface area contributed by atoms with Crippen LogP contribution in [0.3, 0.4) is 0 Å². The van der Waals surface area contributed by atoms with E-state index in [0.717, 1.165) is 37.7 Å². The predicted octanol–water partition coefficient (Wildman–Crippen LogP) is 5.39. The Bertz CT molecular complexity index is 1410. The van der Waals surface area contributed by atoms with E-state index in [1.807, 2.05) is 36.4 Å². The van der Waals surface area contributed by atoms with Crippen LogP contribution in [0.4, 0.5) is 5.69 Å². The molecule has 3 aromatic carbocycles.